The summed E-state index contributed by atoms with van der Waals surface area (Å²) in [6, 6.07) is 15.3. The summed E-state index contributed by atoms with van der Waals surface area (Å²) >= 11 is 7.62. The summed E-state index contributed by atoms with van der Waals surface area (Å²) in [5.41, 5.74) is 0.664. The maximum atomic E-state index is 14.0. The van der Waals surface area contributed by atoms with Crippen molar-refractivity contribution in [3.05, 3.63) is 70.1 Å². The summed E-state index contributed by atoms with van der Waals surface area (Å²) < 4.78 is 6.40. The highest BCUT2D eigenvalue weighted by molar-refractivity contribution is 7.17. The lowest BCUT2D eigenvalue weighted by molar-refractivity contribution is -0.150. The highest BCUT2D eigenvalue weighted by Gasteiger charge is 2.51. The molecule has 2 aliphatic rings. The smallest absolute Gasteiger partial charge is 0.256 e. The molecule has 0 spiro atoms. The number of fused-ring (bicyclic) bond motifs is 1. The quantitative estimate of drug-likeness (QED) is 0.401. The minimum atomic E-state index is -0.930. The van der Waals surface area contributed by atoms with Gasteiger partial charge >= 0.3 is 0 Å². The molecule has 3 heterocycles. The molecule has 5 rings (SSSR count). The summed E-state index contributed by atoms with van der Waals surface area (Å²) in [7, 11) is 0. The molecule has 2 saturated heterocycles. The molecule has 38 heavy (non-hydrogen) atoms. The van der Waals surface area contributed by atoms with E-state index >= 15 is 0 Å². The van der Waals surface area contributed by atoms with Crippen molar-refractivity contribution in [1.82, 2.24) is 14.7 Å². The number of morpholine rings is 1. The minimum absolute atomic E-state index is 0.0863. The molecular weight excluding hydrogens is 522 g/mol. The Hall–Kier alpha value is -2.94. The van der Waals surface area contributed by atoms with Gasteiger partial charge < -0.3 is 19.4 Å². The van der Waals surface area contributed by atoms with E-state index < -0.39 is 5.54 Å². The molecule has 1 atom stereocenters. The van der Waals surface area contributed by atoms with Crippen LogP contribution in [0.25, 0.3) is 10.1 Å². The second-order valence-electron chi connectivity index (χ2n) is 10.1. The topological polar surface area (TPSA) is 70.2 Å². The van der Waals surface area contributed by atoms with Gasteiger partial charge in [0.05, 0.1) is 18.8 Å². The lowest BCUT2D eigenvalue weighted by Crippen LogP contribution is -2.67. The number of nitrogens with zero attached hydrogens (tertiary/aromatic N) is 3. The number of amides is 3. The molecule has 2 aliphatic heterocycles. The van der Waals surface area contributed by atoms with Gasteiger partial charge in [0.25, 0.3) is 5.91 Å². The van der Waals surface area contributed by atoms with Crippen molar-refractivity contribution in [3.8, 4) is 0 Å². The normalized spacial score (nSPS) is 19.3. The summed E-state index contributed by atoms with van der Waals surface area (Å²) in [5, 5.41) is 3.44. The van der Waals surface area contributed by atoms with Crippen LogP contribution >= 0.6 is 22.9 Å². The van der Waals surface area contributed by atoms with E-state index in [-0.39, 0.29) is 17.7 Å². The molecule has 9 heteroatoms. The molecule has 200 valence electrons. The maximum absolute atomic E-state index is 14.0. The van der Waals surface area contributed by atoms with E-state index in [9.17, 15) is 14.4 Å². The zero-order valence-electron chi connectivity index (χ0n) is 21.5. The number of halogens is 1. The Bertz CT molecular complexity index is 1320. The minimum Gasteiger partial charge on any atom is -0.378 e. The zero-order chi connectivity index (χ0) is 26.7. The average molecular weight is 554 g/mol. The largest absolute Gasteiger partial charge is 0.378 e. The van der Waals surface area contributed by atoms with Crippen molar-refractivity contribution in [2.75, 3.05) is 39.4 Å². The SMILES string of the molecule is CC1(C(=O)N(CCCC(=O)N2CCOCC2)Cc2ccc(Cl)cc2)CCN1C(=O)c1csc2ccccc12. The lowest BCUT2D eigenvalue weighted by atomic mass is 9.84. The number of rotatable bonds is 8. The third-order valence-electron chi connectivity index (χ3n) is 7.59. The van der Waals surface area contributed by atoms with Gasteiger partial charge in [0, 0.05) is 59.6 Å². The van der Waals surface area contributed by atoms with Gasteiger partial charge in [-0.2, -0.15) is 0 Å². The molecule has 0 aliphatic carbocycles. The number of benzene rings is 2. The molecular formula is C29H32ClN3O4S. The van der Waals surface area contributed by atoms with Crippen LogP contribution in [0.2, 0.25) is 5.02 Å². The van der Waals surface area contributed by atoms with Crippen LogP contribution in [0.1, 0.15) is 42.1 Å². The second-order valence-corrected chi connectivity index (χ2v) is 11.4. The van der Waals surface area contributed by atoms with Gasteiger partial charge in [-0.1, -0.05) is 41.9 Å². The maximum Gasteiger partial charge on any atom is 0.256 e. The van der Waals surface area contributed by atoms with Crippen LogP contribution in [0, 0.1) is 0 Å². The van der Waals surface area contributed by atoms with Gasteiger partial charge in [0.1, 0.15) is 5.54 Å². The van der Waals surface area contributed by atoms with Crippen LogP contribution in [-0.4, -0.2) is 77.4 Å². The molecule has 0 N–H and O–H groups in total. The molecule has 7 nitrogen and oxygen atoms in total. The van der Waals surface area contributed by atoms with Gasteiger partial charge in [-0.25, -0.2) is 0 Å². The van der Waals surface area contributed by atoms with Crippen LogP contribution in [0.5, 0.6) is 0 Å². The van der Waals surface area contributed by atoms with E-state index in [0.29, 0.717) is 75.8 Å². The molecule has 2 aromatic carbocycles. The Morgan fingerprint density at radius 3 is 2.50 bits per heavy atom. The number of ether oxygens (including phenoxy) is 1. The molecule has 0 radical (unpaired) electrons. The number of likely N-dealkylation sites (tertiary alicyclic amines) is 1. The molecule has 0 bridgehead atoms. The van der Waals surface area contributed by atoms with E-state index in [1.165, 1.54) is 0 Å². The summed E-state index contributed by atoms with van der Waals surface area (Å²) in [5.74, 6) is -0.118. The van der Waals surface area contributed by atoms with Crippen LogP contribution < -0.4 is 0 Å². The number of hydrogen-bond donors (Lipinski definition) is 0. The van der Waals surface area contributed by atoms with Gasteiger partial charge in [-0.3, -0.25) is 14.4 Å². The molecule has 3 amide bonds. The van der Waals surface area contributed by atoms with Crippen molar-refractivity contribution >= 4 is 50.7 Å². The third-order valence-corrected chi connectivity index (χ3v) is 8.81. The zero-order valence-corrected chi connectivity index (χ0v) is 23.1. The molecule has 1 unspecified atom stereocenters. The average Bonchev–Trinajstić information content (AvgIpc) is 3.37. The van der Waals surface area contributed by atoms with E-state index in [0.717, 1.165) is 15.6 Å². The highest BCUT2D eigenvalue weighted by Crippen LogP contribution is 2.37. The molecule has 3 aromatic rings. The Labute approximate surface area is 231 Å². The van der Waals surface area contributed by atoms with Gasteiger partial charge in [-0.15, -0.1) is 11.3 Å². The lowest BCUT2D eigenvalue weighted by Gasteiger charge is -2.51. The Kier molecular flexibility index (Phi) is 8.02. The first-order chi connectivity index (χ1) is 18.4. The second kappa shape index (κ2) is 11.4. The summed E-state index contributed by atoms with van der Waals surface area (Å²) in [4.78, 5) is 45.7. The standard InChI is InChI=1S/C29H32ClN3O4S/c1-29(12-14-33(29)27(35)24-20-38-25-6-3-2-5-23(24)25)28(36)32(19-21-8-10-22(30)11-9-21)13-4-7-26(34)31-15-17-37-18-16-31/h2-3,5-6,8-11,20H,4,7,12-19H2,1H3. The fourth-order valence-electron chi connectivity index (χ4n) is 5.19. The first-order valence-corrected chi connectivity index (χ1v) is 14.3. The van der Waals surface area contributed by atoms with Crippen molar-refractivity contribution in [1.29, 1.82) is 0 Å². The Balaban J connectivity index is 1.31. The number of hydrogen-bond acceptors (Lipinski definition) is 5. The first kappa shape index (κ1) is 26.7. The highest BCUT2D eigenvalue weighted by atomic mass is 35.5. The van der Waals surface area contributed by atoms with Crippen LogP contribution in [0.4, 0.5) is 0 Å². The fourth-order valence-corrected chi connectivity index (χ4v) is 6.25. The first-order valence-electron chi connectivity index (χ1n) is 13.0. The van der Waals surface area contributed by atoms with Gasteiger partial charge in [-0.05, 0) is 43.5 Å². The fraction of sp³-hybridized carbons (Fsp3) is 0.414. The molecule has 1 aromatic heterocycles. The monoisotopic (exact) mass is 553 g/mol. The van der Waals surface area contributed by atoms with Crippen LogP contribution in [0.3, 0.4) is 0 Å². The number of carbonyl (C=O) groups is 3. The van der Waals surface area contributed by atoms with E-state index in [1.807, 2.05) is 65.7 Å². The van der Waals surface area contributed by atoms with Gasteiger partial charge in [0.15, 0.2) is 0 Å². The predicted octanol–water partition coefficient (Wildman–Crippen LogP) is 4.83. The molecule has 0 saturated carbocycles. The van der Waals surface area contributed by atoms with E-state index in [4.69, 9.17) is 16.3 Å². The predicted molar refractivity (Wildman–Crippen MR) is 149 cm³/mol. The third kappa shape index (κ3) is 5.44. The van der Waals surface area contributed by atoms with Crippen molar-refractivity contribution < 1.29 is 19.1 Å². The van der Waals surface area contributed by atoms with Crippen LogP contribution in [0.15, 0.2) is 53.9 Å². The van der Waals surface area contributed by atoms with E-state index in [2.05, 4.69) is 0 Å². The van der Waals surface area contributed by atoms with Crippen LogP contribution in [-0.2, 0) is 20.9 Å². The van der Waals surface area contributed by atoms with Crippen molar-refractivity contribution in [2.45, 2.75) is 38.3 Å². The number of thiophene rings is 1. The molecule has 2 fully saturated rings. The Morgan fingerprint density at radius 1 is 1.05 bits per heavy atom. The number of carbonyl (C=O) groups excluding carboxylic acids is 3. The van der Waals surface area contributed by atoms with Crippen molar-refractivity contribution in [3.63, 3.8) is 0 Å². The summed E-state index contributed by atoms with van der Waals surface area (Å²) in [6.07, 6.45) is 1.52. The summed E-state index contributed by atoms with van der Waals surface area (Å²) in [6.45, 7) is 5.56. The van der Waals surface area contributed by atoms with Crippen molar-refractivity contribution in [2.24, 2.45) is 0 Å². The van der Waals surface area contributed by atoms with E-state index in [1.54, 1.807) is 21.1 Å². The van der Waals surface area contributed by atoms with Gasteiger partial charge in [0.2, 0.25) is 11.8 Å². The Morgan fingerprint density at radius 2 is 1.79 bits per heavy atom.